The van der Waals surface area contributed by atoms with E-state index in [2.05, 4.69) is 313 Å². The molecule has 0 saturated carbocycles. The van der Waals surface area contributed by atoms with Crippen molar-refractivity contribution in [3.63, 3.8) is 0 Å². The molecule has 0 amide bonds. The smallest absolute Gasteiger partial charge is 0.159 e. The Labute approximate surface area is 482 Å². The zero-order valence-electron chi connectivity index (χ0n) is 46.0. The lowest BCUT2D eigenvalue weighted by Crippen LogP contribution is -2.35. The van der Waals surface area contributed by atoms with Crippen molar-refractivity contribution in [3.05, 3.63) is 313 Å². The van der Waals surface area contributed by atoms with Crippen LogP contribution in [0.25, 0.3) is 111 Å². The van der Waals surface area contributed by atoms with E-state index < -0.39 is 6.17 Å². The van der Waals surface area contributed by atoms with E-state index in [4.69, 9.17) is 9.98 Å². The van der Waals surface area contributed by atoms with Gasteiger partial charge in [-0.2, -0.15) is 0 Å². The Balaban J connectivity index is 0.926. The second kappa shape index (κ2) is 19.3. The van der Waals surface area contributed by atoms with Crippen LogP contribution in [0, 0.1) is 0 Å². The molecule has 392 valence electrons. The van der Waals surface area contributed by atoms with Gasteiger partial charge in [-0.05, 0) is 121 Å². The summed E-state index contributed by atoms with van der Waals surface area (Å²) in [6.07, 6.45) is -0.446. The van der Waals surface area contributed by atoms with Crippen molar-refractivity contribution in [2.75, 3.05) is 0 Å². The van der Waals surface area contributed by atoms with Crippen LogP contribution in [-0.2, 0) is 5.41 Å². The molecule has 2 aromatic heterocycles. The van der Waals surface area contributed by atoms with Crippen LogP contribution in [0.4, 0.5) is 0 Å². The largest absolute Gasteiger partial charge is 0.344 e. The first-order valence-electron chi connectivity index (χ1n) is 28.7. The number of para-hydroxylation sites is 2. The van der Waals surface area contributed by atoms with Crippen LogP contribution in [0.1, 0.15) is 47.8 Å². The highest BCUT2D eigenvalue weighted by atomic mass is 15.2. The number of fused-ring (bicyclic) bond motifs is 9. The zero-order valence-corrected chi connectivity index (χ0v) is 46.0. The molecular formula is C78H55N5. The van der Waals surface area contributed by atoms with Gasteiger partial charge >= 0.3 is 0 Å². The van der Waals surface area contributed by atoms with E-state index >= 15 is 0 Å². The van der Waals surface area contributed by atoms with E-state index in [1.54, 1.807) is 0 Å². The normalized spacial score (nSPS) is 14.4. The number of benzene rings is 12. The lowest BCUT2D eigenvalue weighted by Gasteiger charge is -2.28. The third-order valence-corrected chi connectivity index (χ3v) is 17.4. The lowest BCUT2D eigenvalue weighted by atomic mass is 9.80. The Kier molecular flexibility index (Phi) is 11.2. The van der Waals surface area contributed by atoms with Gasteiger partial charge in [-0.25, -0.2) is 9.98 Å². The molecule has 12 aromatic carbocycles. The summed E-state index contributed by atoms with van der Waals surface area (Å²) in [7, 11) is 0. The van der Waals surface area contributed by atoms with E-state index in [-0.39, 0.29) is 5.41 Å². The topological polar surface area (TPSA) is 46.6 Å². The number of aromatic nitrogens is 2. The Morgan fingerprint density at radius 1 is 0.361 bits per heavy atom. The third kappa shape index (κ3) is 7.84. The summed E-state index contributed by atoms with van der Waals surface area (Å²) in [5, 5.41) is 8.74. The van der Waals surface area contributed by atoms with Crippen molar-refractivity contribution >= 4 is 55.3 Å². The number of nitrogens with one attached hydrogen (secondary N) is 1. The molecule has 1 N–H and O–H groups in total. The van der Waals surface area contributed by atoms with Crippen LogP contribution in [0.5, 0.6) is 0 Å². The van der Waals surface area contributed by atoms with Crippen LogP contribution in [-0.4, -0.2) is 20.8 Å². The van der Waals surface area contributed by atoms with E-state index in [9.17, 15) is 0 Å². The maximum atomic E-state index is 5.72. The molecule has 1 aliphatic carbocycles. The molecule has 0 saturated heterocycles. The molecule has 5 heteroatoms. The van der Waals surface area contributed by atoms with Gasteiger partial charge in [0.15, 0.2) is 5.84 Å². The van der Waals surface area contributed by atoms with E-state index in [0.29, 0.717) is 5.84 Å². The predicted molar refractivity (Wildman–Crippen MR) is 346 cm³/mol. The second-order valence-electron chi connectivity index (χ2n) is 22.5. The van der Waals surface area contributed by atoms with E-state index in [0.717, 1.165) is 67.1 Å². The highest BCUT2D eigenvalue weighted by molar-refractivity contribution is 6.23. The van der Waals surface area contributed by atoms with Crippen LogP contribution in [0.15, 0.2) is 295 Å². The number of nitrogens with zero attached hydrogens (tertiary/aromatic N) is 4. The molecule has 3 heterocycles. The summed E-state index contributed by atoms with van der Waals surface area (Å²) in [5.41, 5.74) is 23.8. The molecule has 2 aliphatic rings. The molecular weight excluding hydrogens is 1010 g/mol. The van der Waals surface area contributed by atoms with Gasteiger partial charge in [-0.3, -0.25) is 0 Å². The monoisotopic (exact) mass is 1060 g/mol. The minimum atomic E-state index is -0.446. The number of hydrogen-bond donors (Lipinski definition) is 1. The number of amidine groups is 2. The predicted octanol–water partition coefficient (Wildman–Crippen LogP) is 19.4. The summed E-state index contributed by atoms with van der Waals surface area (Å²) in [6, 6.07) is 104. The summed E-state index contributed by atoms with van der Waals surface area (Å²) in [4.78, 5) is 11.3. The maximum Gasteiger partial charge on any atom is 0.159 e. The minimum absolute atomic E-state index is 0.284. The SMILES string of the molecule is CC1(C)c2ccccc2-c2cccc(C3=NC(c4ccc(-c5ccccc5)cc4)NC(c4ccc(-c5ccccc5)cc4-n4c5ccccc5c5c(-c6cccc7c6c6ccc(-c8ccccc8)cc6n7-c6ccccc6)cccc54)=N3)c21. The quantitative estimate of drug-likeness (QED) is 0.154. The first-order valence-corrected chi connectivity index (χ1v) is 28.7. The Bertz CT molecular complexity index is 4930. The molecule has 1 atom stereocenters. The Morgan fingerprint density at radius 3 is 1.55 bits per heavy atom. The van der Waals surface area contributed by atoms with E-state index in [1.165, 1.54) is 77.1 Å². The molecule has 16 rings (SSSR count). The van der Waals surface area contributed by atoms with Crippen LogP contribution in [0.3, 0.4) is 0 Å². The fourth-order valence-electron chi connectivity index (χ4n) is 13.6. The molecule has 0 fully saturated rings. The standard InChI is InChI=1S/C78H55N5/c1-78(2)66-36-17-15-30-58(66)61-34-19-35-65(74(61)78)77-80-75(54-42-40-53(41-43-54)50-22-7-3-8-23-50)79-76(81-77)64-47-45-56(52-26-11-5-12-27-52)49-71(64)83-67-37-18-16-31-62(67)72-59(33-21-39-69(72)83)60-32-20-38-68-73(60)63-46-44-55(51-24-9-4-10-25-51)48-70(63)82(68)57-28-13-6-14-29-57/h3-49,75H,1-2H3,(H,79,80,81). The fourth-order valence-corrected chi connectivity index (χ4v) is 13.6. The number of rotatable bonds is 9. The first-order chi connectivity index (χ1) is 40.9. The summed E-state index contributed by atoms with van der Waals surface area (Å²) in [5.74, 6) is 1.46. The van der Waals surface area contributed by atoms with Gasteiger partial charge in [-0.1, -0.05) is 250 Å². The highest BCUT2D eigenvalue weighted by Gasteiger charge is 2.39. The van der Waals surface area contributed by atoms with Gasteiger partial charge in [-0.15, -0.1) is 0 Å². The van der Waals surface area contributed by atoms with Gasteiger partial charge in [0.25, 0.3) is 0 Å². The average Bonchev–Trinajstić information content (AvgIpc) is 2.09. The van der Waals surface area contributed by atoms with Gasteiger partial charge in [0.05, 0.1) is 27.8 Å². The summed E-state index contributed by atoms with van der Waals surface area (Å²) >= 11 is 0. The zero-order chi connectivity index (χ0) is 55.2. The summed E-state index contributed by atoms with van der Waals surface area (Å²) < 4.78 is 4.92. The minimum Gasteiger partial charge on any atom is -0.344 e. The fraction of sp³-hybridized carbons (Fsp3) is 0.0513. The van der Waals surface area contributed by atoms with Crippen molar-refractivity contribution in [1.82, 2.24) is 14.5 Å². The molecule has 0 radical (unpaired) electrons. The first kappa shape index (κ1) is 48.3. The Morgan fingerprint density at radius 2 is 0.855 bits per heavy atom. The van der Waals surface area contributed by atoms with Gasteiger partial charge in [0.1, 0.15) is 12.0 Å². The number of hydrogen-bond acceptors (Lipinski definition) is 3. The van der Waals surface area contributed by atoms with E-state index in [1.807, 2.05) is 0 Å². The van der Waals surface area contributed by atoms with Crippen molar-refractivity contribution < 1.29 is 0 Å². The van der Waals surface area contributed by atoms with Crippen molar-refractivity contribution in [3.8, 4) is 67.0 Å². The van der Waals surface area contributed by atoms with Crippen molar-refractivity contribution in [2.24, 2.45) is 9.98 Å². The van der Waals surface area contributed by atoms with Gasteiger partial charge in [0, 0.05) is 43.8 Å². The molecule has 14 aromatic rings. The highest BCUT2D eigenvalue weighted by Crippen LogP contribution is 2.51. The second-order valence-corrected chi connectivity index (χ2v) is 22.5. The van der Waals surface area contributed by atoms with Crippen LogP contribution < -0.4 is 5.32 Å². The molecule has 0 spiro atoms. The average molecular weight is 1060 g/mol. The van der Waals surface area contributed by atoms with Crippen molar-refractivity contribution in [2.45, 2.75) is 25.4 Å². The molecule has 0 bridgehead atoms. The maximum absolute atomic E-state index is 5.72. The van der Waals surface area contributed by atoms with Crippen molar-refractivity contribution in [1.29, 1.82) is 0 Å². The third-order valence-electron chi connectivity index (χ3n) is 17.4. The van der Waals surface area contributed by atoms with Crippen LogP contribution in [0.2, 0.25) is 0 Å². The summed E-state index contributed by atoms with van der Waals surface area (Å²) in [6.45, 7) is 4.68. The molecule has 1 aliphatic heterocycles. The Hall–Kier alpha value is -10.6. The van der Waals surface area contributed by atoms with Gasteiger partial charge in [0.2, 0.25) is 0 Å². The molecule has 83 heavy (non-hydrogen) atoms. The number of aliphatic imine (C=N–C) groups is 2. The lowest BCUT2D eigenvalue weighted by molar-refractivity contribution is 0.654. The molecule has 1 unspecified atom stereocenters. The van der Waals surface area contributed by atoms with Gasteiger partial charge < -0.3 is 14.5 Å². The molecule has 5 nitrogen and oxygen atoms in total. The van der Waals surface area contributed by atoms with Crippen LogP contribution >= 0.6 is 0 Å².